The number of nitrogen functional groups attached to an aromatic ring is 1. The van der Waals surface area contributed by atoms with Gasteiger partial charge >= 0.3 is 0 Å². The Balaban J connectivity index is 3.33. The molecule has 70 valence electrons. The van der Waals surface area contributed by atoms with Gasteiger partial charge in [0.1, 0.15) is 0 Å². The quantitative estimate of drug-likeness (QED) is 0.506. The van der Waals surface area contributed by atoms with Gasteiger partial charge in [0.05, 0.1) is 11.6 Å². The molecule has 0 atom stereocenters. The number of nitrogens with two attached hydrogens (primary N) is 1. The summed E-state index contributed by atoms with van der Waals surface area (Å²) < 4.78 is 0.728. The Morgan fingerprint density at radius 3 is 2.77 bits per heavy atom. The maximum Gasteiger partial charge on any atom is 0.179 e. The van der Waals surface area contributed by atoms with Crippen molar-refractivity contribution in [2.24, 2.45) is 0 Å². The second-order valence-corrected chi connectivity index (χ2v) is 3.83. The van der Waals surface area contributed by atoms with Gasteiger partial charge in [-0.3, -0.25) is 4.79 Å². The predicted octanol–water partition coefficient (Wildman–Crippen LogP) is 2.76. The van der Waals surface area contributed by atoms with Gasteiger partial charge in [0.25, 0.3) is 0 Å². The minimum absolute atomic E-state index is 0.0402. The lowest BCUT2D eigenvalue weighted by molar-refractivity contribution is 0.102. The molecule has 13 heavy (non-hydrogen) atoms. The fourth-order valence-corrected chi connectivity index (χ4v) is 1.60. The highest BCUT2D eigenvalue weighted by molar-refractivity contribution is 9.10. The van der Waals surface area contributed by atoms with Crippen molar-refractivity contribution in [2.75, 3.05) is 11.6 Å². The van der Waals surface area contributed by atoms with Crippen molar-refractivity contribution in [2.45, 2.75) is 6.92 Å². The lowest BCUT2D eigenvalue weighted by atomic mass is 10.0. The second kappa shape index (κ2) is 4.11. The van der Waals surface area contributed by atoms with E-state index in [-0.39, 0.29) is 11.7 Å². The highest BCUT2D eigenvalue weighted by Crippen LogP contribution is 2.26. The number of Topliss-reactive ketones (excluding diaryl/α,β-unsaturated/α-hetero) is 1. The van der Waals surface area contributed by atoms with Crippen molar-refractivity contribution in [1.82, 2.24) is 0 Å². The van der Waals surface area contributed by atoms with E-state index >= 15 is 0 Å². The molecule has 0 amide bonds. The number of carbonyl (C=O) groups is 1. The molecule has 0 radical (unpaired) electrons. The van der Waals surface area contributed by atoms with Crippen LogP contribution in [0, 0.1) is 6.92 Å². The number of halogens is 2. The molecule has 0 saturated carbocycles. The molecule has 1 aromatic rings. The molecular formula is C9H9BrClNO. The number of ketones is 1. The summed E-state index contributed by atoms with van der Waals surface area (Å²) >= 11 is 8.72. The first-order valence-electron chi connectivity index (χ1n) is 3.71. The molecule has 0 unspecified atom stereocenters. The normalized spacial score (nSPS) is 10.1. The van der Waals surface area contributed by atoms with Crippen LogP contribution in [0.15, 0.2) is 16.6 Å². The van der Waals surface area contributed by atoms with E-state index in [1.807, 2.05) is 19.1 Å². The summed E-state index contributed by atoms with van der Waals surface area (Å²) in [5.41, 5.74) is 7.57. The summed E-state index contributed by atoms with van der Waals surface area (Å²) in [6.45, 7) is 1.84. The minimum atomic E-state index is -0.141. The van der Waals surface area contributed by atoms with Crippen molar-refractivity contribution >= 4 is 39.0 Å². The van der Waals surface area contributed by atoms with E-state index in [2.05, 4.69) is 15.9 Å². The lowest BCUT2D eigenvalue weighted by Crippen LogP contribution is -2.07. The summed E-state index contributed by atoms with van der Waals surface area (Å²) in [5.74, 6) is -0.181. The third kappa shape index (κ3) is 2.03. The third-order valence-electron chi connectivity index (χ3n) is 1.80. The molecule has 2 N–H and O–H groups in total. The van der Waals surface area contributed by atoms with Crippen LogP contribution in [-0.2, 0) is 0 Å². The fourth-order valence-electron chi connectivity index (χ4n) is 1.14. The Hall–Kier alpha value is -0.540. The molecule has 0 aliphatic heterocycles. The number of hydrogen-bond acceptors (Lipinski definition) is 2. The van der Waals surface area contributed by atoms with Crippen LogP contribution < -0.4 is 5.73 Å². The lowest BCUT2D eigenvalue weighted by Gasteiger charge is -2.08. The molecule has 0 aliphatic rings. The van der Waals surface area contributed by atoms with Crippen LogP contribution in [0.5, 0.6) is 0 Å². The van der Waals surface area contributed by atoms with Gasteiger partial charge in [-0.05, 0) is 34.5 Å². The van der Waals surface area contributed by atoms with Crippen molar-refractivity contribution in [3.8, 4) is 0 Å². The molecule has 2 nitrogen and oxygen atoms in total. The number of benzene rings is 1. The Labute approximate surface area is 90.2 Å². The van der Waals surface area contributed by atoms with E-state index in [0.717, 1.165) is 10.0 Å². The first kappa shape index (κ1) is 10.5. The molecule has 0 aliphatic carbocycles. The maximum absolute atomic E-state index is 11.4. The largest absolute Gasteiger partial charge is 0.397 e. The van der Waals surface area contributed by atoms with E-state index in [9.17, 15) is 4.79 Å². The molecule has 1 aromatic carbocycles. The number of anilines is 1. The van der Waals surface area contributed by atoms with Gasteiger partial charge < -0.3 is 5.73 Å². The monoisotopic (exact) mass is 261 g/mol. The van der Waals surface area contributed by atoms with Crippen molar-refractivity contribution in [1.29, 1.82) is 0 Å². The van der Waals surface area contributed by atoms with Gasteiger partial charge in [-0.15, -0.1) is 11.6 Å². The average Bonchev–Trinajstić information content (AvgIpc) is 2.12. The zero-order valence-corrected chi connectivity index (χ0v) is 9.45. The van der Waals surface area contributed by atoms with Crippen molar-refractivity contribution in [3.63, 3.8) is 0 Å². The summed E-state index contributed by atoms with van der Waals surface area (Å²) in [6, 6.07) is 3.65. The van der Waals surface area contributed by atoms with E-state index in [1.54, 1.807) is 0 Å². The van der Waals surface area contributed by atoms with Crippen molar-refractivity contribution in [3.05, 3.63) is 27.7 Å². The van der Waals surface area contributed by atoms with Crippen LogP contribution in [0.2, 0.25) is 0 Å². The Bertz CT molecular complexity index is 352. The number of carbonyl (C=O) groups excluding carboxylic acids is 1. The van der Waals surface area contributed by atoms with Gasteiger partial charge in [-0.2, -0.15) is 0 Å². The molecule has 0 fully saturated rings. The van der Waals surface area contributed by atoms with Crippen LogP contribution >= 0.6 is 27.5 Å². The highest BCUT2D eigenvalue weighted by Gasteiger charge is 2.13. The topological polar surface area (TPSA) is 43.1 Å². The first-order valence-corrected chi connectivity index (χ1v) is 5.04. The SMILES string of the molecule is Cc1ccc(Br)c(N)c1C(=O)CCl. The molecular weight excluding hydrogens is 253 g/mol. The maximum atomic E-state index is 11.4. The zero-order chi connectivity index (χ0) is 10.0. The Morgan fingerprint density at radius 1 is 1.62 bits per heavy atom. The van der Waals surface area contributed by atoms with Crippen LogP contribution in [0.25, 0.3) is 0 Å². The van der Waals surface area contributed by atoms with Gasteiger partial charge in [0.2, 0.25) is 0 Å². The molecule has 0 bridgehead atoms. The van der Waals surface area contributed by atoms with Crippen LogP contribution in [0.4, 0.5) is 5.69 Å². The Morgan fingerprint density at radius 2 is 2.23 bits per heavy atom. The molecule has 4 heteroatoms. The third-order valence-corrected chi connectivity index (χ3v) is 2.74. The molecule has 0 aromatic heterocycles. The smallest absolute Gasteiger partial charge is 0.179 e. The van der Waals surface area contributed by atoms with E-state index in [1.165, 1.54) is 0 Å². The number of aryl methyl sites for hydroxylation is 1. The Kier molecular flexibility index (Phi) is 3.33. The van der Waals surface area contributed by atoms with Crippen LogP contribution in [-0.4, -0.2) is 11.7 Å². The second-order valence-electron chi connectivity index (χ2n) is 2.71. The van der Waals surface area contributed by atoms with Crippen LogP contribution in [0.3, 0.4) is 0 Å². The zero-order valence-electron chi connectivity index (χ0n) is 7.10. The first-order chi connectivity index (χ1) is 6.07. The number of alkyl halides is 1. The summed E-state index contributed by atoms with van der Waals surface area (Å²) in [6.07, 6.45) is 0. The summed E-state index contributed by atoms with van der Waals surface area (Å²) in [7, 11) is 0. The number of hydrogen-bond donors (Lipinski definition) is 1. The minimum Gasteiger partial charge on any atom is -0.397 e. The van der Waals surface area contributed by atoms with E-state index < -0.39 is 0 Å². The van der Waals surface area contributed by atoms with Gasteiger partial charge in [0.15, 0.2) is 5.78 Å². The number of rotatable bonds is 2. The predicted molar refractivity (Wildman–Crippen MR) is 58.3 cm³/mol. The van der Waals surface area contributed by atoms with Crippen LogP contribution in [0.1, 0.15) is 15.9 Å². The molecule has 0 heterocycles. The van der Waals surface area contributed by atoms with Crippen molar-refractivity contribution < 1.29 is 4.79 Å². The van der Waals surface area contributed by atoms with E-state index in [4.69, 9.17) is 17.3 Å². The van der Waals surface area contributed by atoms with Gasteiger partial charge in [-0.25, -0.2) is 0 Å². The van der Waals surface area contributed by atoms with E-state index in [0.29, 0.717) is 11.3 Å². The van der Waals surface area contributed by atoms with Gasteiger partial charge in [-0.1, -0.05) is 6.07 Å². The average molecular weight is 263 g/mol. The molecule has 1 rings (SSSR count). The summed E-state index contributed by atoms with van der Waals surface area (Å²) in [5, 5.41) is 0. The fraction of sp³-hybridized carbons (Fsp3) is 0.222. The molecule has 0 saturated heterocycles. The summed E-state index contributed by atoms with van der Waals surface area (Å²) in [4.78, 5) is 11.4. The standard InChI is InChI=1S/C9H9BrClNO/c1-5-2-3-6(10)9(12)8(5)7(13)4-11/h2-3H,4,12H2,1H3. The highest BCUT2D eigenvalue weighted by atomic mass is 79.9. The van der Waals surface area contributed by atoms with Gasteiger partial charge in [0, 0.05) is 10.0 Å². The molecule has 0 spiro atoms.